The van der Waals surface area contributed by atoms with Gasteiger partial charge in [0.05, 0.1) is 7.11 Å². The van der Waals surface area contributed by atoms with Crippen molar-refractivity contribution in [2.45, 2.75) is 19.5 Å². The second kappa shape index (κ2) is 7.93. The number of rotatable bonds is 6. The Morgan fingerprint density at radius 2 is 2.09 bits per heavy atom. The topological polar surface area (TPSA) is 80.3 Å². The number of pyridine rings is 1. The second-order valence-corrected chi connectivity index (χ2v) is 5.01. The molecule has 0 aliphatic heterocycles. The number of aromatic nitrogens is 1. The van der Waals surface area contributed by atoms with E-state index in [2.05, 4.69) is 15.6 Å². The van der Waals surface area contributed by atoms with Crippen molar-refractivity contribution < 1.29 is 14.3 Å². The SMILES string of the molecule is COc1cccc(C(=O)N[C@@H](C)C(=O)NCc2cccnc2)c1. The van der Waals surface area contributed by atoms with Gasteiger partial charge in [0.1, 0.15) is 11.8 Å². The predicted molar refractivity (Wildman–Crippen MR) is 86.0 cm³/mol. The number of benzene rings is 1. The molecule has 1 atom stereocenters. The van der Waals surface area contributed by atoms with Crippen LogP contribution in [-0.2, 0) is 11.3 Å². The molecule has 0 spiro atoms. The van der Waals surface area contributed by atoms with E-state index < -0.39 is 6.04 Å². The van der Waals surface area contributed by atoms with Gasteiger partial charge in [-0.3, -0.25) is 14.6 Å². The minimum absolute atomic E-state index is 0.259. The van der Waals surface area contributed by atoms with Gasteiger partial charge in [-0.25, -0.2) is 0 Å². The van der Waals surface area contributed by atoms with Gasteiger partial charge in [-0.2, -0.15) is 0 Å². The average Bonchev–Trinajstić information content (AvgIpc) is 2.60. The van der Waals surface area contributed by atoms with E-state index in [1.807, 2.05) is 6.07 Å². The summed E-state index contributed by atoms with van der Waals surface area (Å²) in [5.41, 5.74) is 1.34. The number of nitrogens with zero attached hydrogens (tertiary/aromatic N) is 1. The highest BCUT2D eigenvalue weighted by Crippen LogP contribution is 2.12. The van der Waals surface area contributed by atoms with Crippen molar-refractivity contribution in [3.63, 3.8) is 0 Å². The first-order valence-electron chi connectivity index (χ1n) is 7.21. The quantitative estimate of drug-likeness (QED) is 0.847. The van der Waals surface area contributed by atoms with E-state index in [-0.39, 0.29) is 11.8 Å². The zero-order chi connectivity index (χ0) is 16.7. The maximum atomic E-state index is 12.1. The molecule has 0 saturated carbocycles. The third-order valence-electron chi connectivity index (χ3n) is 3.26. The standard InChI is InChI=1S/C17H19N3O3/c1-12(16(21)19-11-13-5-4-8-18-10-13)20-17(22)14-6-3-7-15(9-14)23-2/h3-10,12H,11H2,1-2H3,(H,19,21)(H,20,22)/t12-/m0/s1. The van der Waals surface area contributed by atoms with Gasteiger partial charge < -0.3 is 15.4 Å². The molecule has 0 bridgehead atoms. The third kappa shape index (κ3) is 4.81. The van der Waals surface area contributed by atoms with E-state index in [1.54, 1.807) is 49.6 Å². The highest BCUT2D eigenvalue weighted by Gasteiger charge is 2.16. The summed E-state index contributed by atoms with van der Waals surface area (Å²) in [5, 5.41) is 5.42. The van der Waals surface area contributed by atoms with Crippen molar-refractivity contribution in [1.82, 2.24) is 15.6 Å². The maximum Gasteiger partial charge on any atom is 0.252 e. The molecule has 0 fully saturated rings. The Hall–Kier alpha value is -2.89. The molecule has 2 amide bonds. The Kier molecular flexibility index (Phi) is 5.68. The molecular formula is C17H19N3O3. The fraction of sp³-hybridized carbons (Fsp3) is 0.235. The number of amides is 2. The van der Waals surface area contributed by atoms with Crippen molar-refractivity contribution in [3.8, 4) is 5.75 Å². The van der Waals surface area contributed by atoms with Crippen LogP contribution in [0.1, 0.15) is 22.8 Å². The highest BCUT2D eigenvalue weighted by molar-refractivity contribution is 5.97. The number of hydrogen-bond acceptors (Lipinski definition) is 4. The van der Waals surface area contributed by atoms with Gasteiger partial charge in [0.2, 0.25) is 5.91 Å². The van der Waals surface area contributed by atoms with Crippen molar-refractivity contribution in [2.75, 3.05) is 7.11 Å². The number of hydrogen-bond donors (Lipinski definition) is 2. The minimum atomic E-state index is -0.648. The maximum absolute atomic E-state index is 12.1. The van der Waals surface area contributed by atoms with Crippen LogP contribution in [0.2, 0.25) is 0 Å². The average molecular weight is 313 g/mol. The van der Waals surface area contributed by atoms with Crippen LogP contribution in [-0.4, -0.2) is 29.9 Å². The Morgan fingerprint density at radius 3 is 2.78 bits per heavy atom. The first-order valence-corrected chi connectivity index (χ1v) is 7.21. The van der Waals surface area contributed by atoms with Crippen LogP contribution < -0.4 is 15.4 Å². The molecule has 0 saturated heterocycles. The van der Waals surface area contributed by atoms with Crippen LogP contribution in [0, 0.1) is 0 Å². The Labute approximate surface area is 134 Å². The predicted octanol–water partition coefficient (Wildman–Crippen LogP) is 1.52. The molecule has 0 aliphatic rings. The van der Waals surface area contributed by atoms with Gasteiger partial charge in [0, 0.05) is 24.5 Å². The second-order valence-electron chi connectivity index (χ2n) is 5.01. The lowest BCUT2D eigenvalue weighted by Gasteiger charge is -2.14. The first kappa shape index (κ1) is 16.5. The summed E-state index contributed by atoms with van der Waals surface area (Å²) >= 11 is 0. The van der Waals surface area contributed by atoms with Gasteiger partial charge in [0.25, 0.3) is 5.91 Å². The fourth-order valence-corrected chi connectivity index (χ4v) is 1.95. The smallest absolute Gasteiger partial charge is 0.252 e. The van der Waals surface area contributed by atoms with Crippen molar-refractivity contribution in [1.29, 1.82) is 0 Å². The summed E-state index contributed by atoms with van der Waals surface area (Å²) in [7, 11) is 1.53. The number of carbonyl (C=O) groups excluding carboxylic acids is 2. The summed E-state index contributed by atoms with van der Waals surface area (Å²) in [6.45, 7) is 2.00. The Balaban J connectivity index is 1.88. The summed E-state index contributed by atoms with van der Waals surface area (Å²) in [6, 6.07) is 9.78. The van der Waals surface area contributed by atoms with Crippen LogP contribution in [0.25, 0.3) is 0 Å². The van der Waals surface area contributed by atoms with Gasteiger partial charge >= 0.3 is 0 Å². The number of ether oxygens (including phenoxy) is 1. The summed E-state index contributed by atoms with van der Waals surface area (Å²) in [6.07, 6.45) is 3.35. The minimum Gasteiger partial charge on any atom is -0.497 e. The molecule has 0 unspecified atom stereocenters. The summed E-state index contributed by atoms with van der Waals surface area (Å²) in [4.78, 5) is 28.2. The first-order chi connectivity index (χ1) is 11.1. The number of nitrogens with one attached hydrogen (secondary N) is 2. The van der Waals surface area contributed by atoms with E-state index in [0.29, 0.717) is 17.9 Å². The van der Waals surface area contributed by atoms with E-state index in [1.165, 1.54) is 7.11 Å². The normalized spacial score (nSPS) is 11.4. The zero-order valence-corrected chi connectivity index (χ0v) is 13.1. The summed E-state index contributed by atoms with van der Waals surface area (Å²) in [5.74, 6) is 0.00404. The fourth-order valence-electron chi connectivity index (χ4n) is 1.95. The van der Waals surface area contributed by atoms with Crippen molar-refractivity contribution in [2.24, 2.45) is 0 Å². The van der Waals surface area contributed by atoms with Gasteiger partial charge in [-0.05, 0) is 36.8 Å². The monoisotopic (exact) mass is 313 g/mol. The van der Waals surface area contributed by atoms with Gasteiger partial charge in [-0.15, -0.1) is 0 Å². The van der Waals surface area contributed by atoms with Crippen LogP contribution >= 0.6 is 0 Å². The van der Waals surface area contributed by atoms with E-state index in [4.69, 9.17) is 4.74 Å². The highest BCUT2D eigenvalue weighted by atomic mass is 16.5. The van der Waals surface area contributed by atoms with Gasteiger partial charge in [0.15, 0.2) is 0 Å². The number of methoxy groups -OCH3 is 1. The lowest BCUT2D eigenvalue weighted by atomic mass is 10.2. The molecule has 1 heterocycles. The van der Waals surface area contributed by atoms with E-state index in [9.17, 15) is 9.59 Å². The molecular weight excluding hydrogens is 294 g/mol. The molecule has 2 aromatic rings. The Morgan fingerprint density at radius 1 is 1.26 bits per heavy atom. The largest absolute Gasteiger partial charge is 0.497 e. The van der Waals surface area contributed by atoms with Gasteiger partial charge in [-0.1, -0.05) is 12.1 Å². The molecule has 23 heavy (non-hydrogen) atoms. The van der Waals surface area contributed by atoms with Crippen molar-refractivity contribution >= 4 is 11.8 Å². The Bertz CT molecular complexity index is 674. The molecule has 2 rings (SSSR count). The molecule has 2 N–H and O–H groups in total. The molecule has 0 aliphatic carbocycles. The number of carbonyl (C=O) groups is 2. The third-order valence-corrected chi connectivity index (χ3v) is 3.26. The lowest BCUT2D eigenvalue weighted by Crippen LogP contribution is -2.44. The van der Waals surface area contributed by atoms with Crippen LogP contribution in [0.15, 0.2) is 48.8 Å². The molecule has 0 radical (unpaired) electrons. The van der Waals surface area contributed by atoms with Crippen LogP contribution in [0.4, 0.5) is 0 Å². The van der Waals surface area contributed by atoms with Crippen molar-refractivity contribution in [3.05, 3.63) is 59.9 Å². The van der Waals surface area contributed by atoms with E-state index in [0.717, 1.165) is 5.56 Å². The molecule has 6 nitrogen and oxygen atoms in total. The van der Waals surface area contributed by atoms with E-state index >= 15 is 0 Å². The molecule has 6 heteroatoms. The molecule has 1 aromatic heterocycles. The zero-order valence-electron chi connectivity index (χ0n) is 13.1. The van der Waals surface area contributed by atoms with Crippen LogP contribution in [0.5, 0.6) is 5.75 Å². The lowest BCUT2D eigenvalue weighted by molar-refractivity contribution is -0.122. The summed E-state index contributed by atoms with van der Waals surface area (Å²) < 4.78 is 5.08. The molecule has 120 valence electrons. The van der Waals surface area contributed by atoms with Crippen LogP contribution in [0.3, 0.4) is 0 Å². The molecule has 1 aromatic carbocycles.